The highest BCUT2D eigenvalue weighted by molar-refractivity contribution is 8.01. The number of ketones is 1. The highest BCUT2D eigenvalue weighted by atomic mass is 32.2. The molecular weight excluding hydrogens is 402 g/mol. The van der Waals surface area contributed by atoms with E-state index in [4.69, 9.17) is 0 Å². The van der Waals surface area contributed by atoms with E-state index in [0.29, 0.717) is 23.2 Å². The van der Waals surface area contributed by atoms with Gasteiger partial charge >= 0.3 is 0 Å². The van der Waals surface area contributed by atoms with Crippen molar-refractivity contribution < 1.29 is 9.59 Å². The van der Waals surface area contributed by atoms with E-state index in [1.54, 1.807) is 16.7 Å². The van der Waals surface area contributed by atoms with E-state index >= 15 is 0 Å². The zero-order valence-corrected chi connectivity index (χ0v) is 18.8. The molecule has 1 aromatic heterocycles. The quantitative estimate of drug-likeness (QED) is 0.495. The van der Waals surface area contributed by atoms with Gasteiger partial charge in [0.1, 0.15) is 0 Å². The maximum atomic E-state index is 13.3. The Morgan fingerprint density at radius 2 is 1.86 bits per heavy atom. The van der Waals surface area contributed by atoms with E-state index in [-0.39, 0.29) is 29.4 Å². The van der Waals surface area contributed by atoms with Crippen LogP contribution in [0.2, 0.25) is 0 Å². The lowest BCUT2D eigenvalue weighted by Crippen LogP contribution is -2.43. The molecule has 0 spiro atoms. The van der Waals surface area contributed by atoms with Crippen molar-refractivity contribution in [1.29, 1.82) is 0 Å². The summed E-state index contributed by atoms with van der Waals surface area (Å²) < 4.78 is 0.844. The van der Waals surface area contributed by atoms with Gasteiger partial charge in [0.15, 0.2) is 10.1 Å². The Bertz CT molecular complexity index is 979. The Hall–Kier alpha value is -1.99. The molecule has 152 valence electrons. The van der Waals surface area contributed by atoms with Crippen LogP contribution in [0.25, 0.3) is 0 Å². The maximum absolute atomic E-state index is 13.3. The molecule has 0 saturated heterocycles. The molecule has 2 aromatic rings. The molecule has 0 radical (unpaired) electrons. The lowest BCUT2D eigenvalue weighted by atomic mass is 9.69. The number of aromatic nitrogens is 2. The van der Waals surface area contributed by atoms with E-state index in [0.717, 1.165) is 21.2 Å². The Kier molecular flexibility index (Phi) is 5.38. The van der Waals surface area contributed by atoms with Crippen LogP contribution in [0, 0.1) is 5.41 Å². The second-order valence-corrected chi connectivity index (χ2v) is 11.5. The van der Waals surface area contributed by atoms with E-state index in [2.05, 4.69) is 37.9 Å². The van der Waals surface area contributed by atoms with Crippen molar-refractivity contribution in [3.05, 3.63) is 47.2 Å². The van der Waals surface area contributed by atoms with Crippen molar-refractivity contribution >= 4 is 39.9 Å². The number of nitrogens with zero attached hydrogens (tertiary/aromatic N) is 3. The zero-order chi connectivity index (χ0) is 20.8. The van der Waals surface area contributed by atoms with Crippen LogP contribution in [0.4, 0.5) is 5.13 Å². The summed E-state index contributed by atoms with van der Waals surface area (Å²) in [4.78, 5) is 28.2. The number of carbonyl (C=O) groups excluding carboxylic acids is 2. The summed E-state index contributed by atoms with van der Waals surface area (Å²) in [6.07, 6.45) is 1.46. The van der Waals surface area contributed by atoms with Crippen LogP contribution < -0.4 is 4.90 Å². The van der Waals surface area contributed by atoms with Crippen LogP contribution in [-0.4, -0.2) is 27.1 Å². The second-order valence-electron chi connectivity index (χ2n) is 8.72. The molecule has 1 amide bonds. The minimum atomic E-state index is -0.187. The molecule has 1 aliphatic carbocycles. The standard InChI is InChI=1S/C22H25N3O2S2/c1-13(2)28-21-24-23-20(29-21)25-16-11-22(3,4)12-17(26)19(16)15(10-18(25)27)14-8-6-5-7-9-14/h5-9,13,15H,10-12H2,1-4H3/t15-/m1/s1. The number of benzene rings is 1. The SMILES string of the molecule is CC(C)Sc1nnc(N2C(=O)C[C@H](c3ccccc3)C3=C2CC(C)(C)CC3=O)s1. The van der Waals surface area contributed by atoms with Crippen LogP contribution in [0.3, 0.4) is 0 Å². The number of anilines is 1. The molecule has 0 N–H and O–H groups in total. The minimum absolute atomic E-state index is 0.0136. The number of hydrogen-bond acceptors (Lipinski definition) is 6. The van der Waals surface area contributed by atoms with Crippen LogP contribution in [0.5, 0.6) is 0 Å². The van der Waals surface area contributed by atoms with Crippen molar-refractivity contribution in [3.8, 4) is 0 Å². The summed E-state index contributed by atoms with van der Waals surface area (Å²) >= 11 is 3.06. The molecule has 0 fully saturated rings. The van der Waals surface area contributed by atoms with E-state index in [1.165, 1.54) is 11.3 Å². The Balaban J connectivity index is 1.82. The molecule has 1 aliphatic heterocycles. The molecule has 0 bridgehead atoms. The van der Waals surface area contributed by atoms with Gasteiger partial charge < -0.3 is 0 Å². The fourth-order valence-electron chi connectivity index (χ4n) is 4.15. The normalized spacial score (nSPS) is 21.7. The molecule has 1 aromatic carbocycles. The lowest BCUT2D eigenvalue weighted by Gasteiger charge is -2.41. The second kappa shape index (κ2) is 7.69. The van der Waals surface area contributed by atoms with E-state index in [1.807, 2.05) is 30.3 Å². The average Bonchev–Trinajstić information content (AvgIpc) is 3.07. The molecule has 4 rings (SSSR count). The molecule has 7 heteroatoms. The number of thioether (sulfide) groups is 1. The third kappa shape index (κ3) is 4.03. The Labute approximate surface area is 179 Å². The van der Waals surface area contributed by atoms with Gasteiger partial charge in [-0.1, -0.05) is 81.1 Å². The zero-order valence-electron chi connectivity index (χ0n) is 17.1. The summed E-state index contributed by atoms with van der Waals surface area (Å²) in [5, 5.41) is 9.54. The third-order valence-corrected chi connectivity index (χ3v) is 7.26. The molecule has 1 atom stereocenters. The monoisotopic (exact) mass is 427 g/mol. The molecule has 29 heavy (non-hydrogen) atoms. The number of amides is 1. The first-order chi connectivity index (χ1) is 13.7. The van der Waals surface area contributed by atoms with Gasteiger partial charge in [0.05, 0.1) is 0 Å². The average molecular weight is 428 g/mol. The predicted octanol–water partition coefficient (Wildman–Crippen LogP) is 5.20. The maximum Gasteiger partial charge on any atom is 0.234 e. The van der Waals surface area contributed by atoms with Gasteiger partial charge in [0.2, 0.25) is 11.0 Å². The molecular formula is C22H25N3O2S2. The molecule has 0 saturated carbocycles. The van der Waals surface area contributed by atoms with Crippen LogP contribution >= 0.6 is 23.1 Å². The lowest BCUT2D eigenvalue weighted by molar-refractivity contribution is -0.121. The topological polar surface area (TPSA) is 63.2 Å². The van der Waals surface area contributed by atoms with Gasteiger partial charge in [-0.3, -0.25) is 14.5 Å². The number of Topliss-reactive ketones (excluding diaryl/α,β-unsaturated/α-hetero) is 1. The van der Waals surface area contributed by atoms with Gasteiger partial charge in [-0.25, -0.2) is 0 Å². The summed E-state index contributed by atoms with van der Waals surface area (Å²) in [6, 6.07) is 9.89. The first kappa shape index (κ1) is 20.3. The first-order valence-electron chi connectivity index (χ1n) is 9.89. The molecule has 5 nitrogen and oxygen atoms in total. The van der Waals surface area contributed by atoms with Crippen molar-refractivity contribution in [2.24, 2.45) is 5.41 Å². The van der Waals surface area contributed by atoms with E-state index in [9.17, 15) is 9.59 Å². The third-order valence-electron chi connectivity index (χ3n) is 5.27. The van der Waals surface area contributed by atoms with Gasteiger partial charge in [-0.2, -0.15) is 0 Å². The van der Waals surface area contributed by atoms with Crippen LogP contribution in [0.15, 0.2) is 45.9 Å². The number of allylic oxidation sites excluding steroid dienone is 2. The number of hydrogen-bond donors (Lipinski definition) is 0. The van der Waals surface area contributed by atoms with Crippen molar-refractivity contribution in [1.82, 2.24) is 10.2 Å². The highest BCUT2D eigenvalue weighted by Gasteiger charge is 2.45. The fourth-order valence-corrected chi connectivity index (χ4v) is 6.26. The van der Waals surface area contributed by atoms with Gasteiger partial charge in [-0.15, -0.1) is 10.2 Å². The van der Waals surface area contributed by atoms with Gasteiger partial charge in [0.25, 0.3) is 0 Å². The van der Waals surface area contributed by atoms with Crippen molar-refractivity contribution in [2.75, 3.05) is 4.90 Å². The van der Waals surface area contributed by atoms with Crippen LogP contribution in [0.1, 0.15) is 58.4 Å². The minimum Gasteiger partial charge on any atom is -0.294 e. The molecule has 2 heterocycles. The smallest absolute Gasteiger partial charge is 0.234 e. The highest BCUT2D eigenvalue weighted by Crippen LogP contribution is 2.48. The van der Waals surface area contributed by atoms with Crippen LogP contribution in [-0.2, 0) is 9.59 Å². The molecule has 2 aliphatic rings. The first-order valence-corrected chi connectivity index (χ1v) is 11.6. The van der Waals surface area contributed by atoms with Crippen molar-refractivity contribution in [2.45, 2.75) is 62.5 Å². The summed E-state index contributed by atoms with van der Waals surface area (Å²) in [5.41, 5.74) is 2.43. The summed E-state index contributed by atoms with van der Waals surface area (Å²) in [6.45, 7) is 8.38. The van der Waals surface area contributed by atoms with E-state index < -0.39 is 0 Å². The molecule has 0 unspecified atom stereocenters. The largest absolute Gasteiger partial charge is 0.294 e. The van der Waals surface area contributed by atoms with Crippen molar-refractivity contribution in [3.63, 3.8) is 0 Å². The number of carbonyl (C=O) groups is 2. The fraction of sp³-hybridized carbons (Fsp3) is 0.455. The Morgan fingerprint density at radius 3 is 2.55 bits per heavy atom. The van der Waals surface area contributed by atoms with Gasteiger partial charge in [-0.05, 0) is 17.4 Å². The predicted molar refractivity (Wildman–Crippen MR) is 117 cm³/mol. The summed E-state index contributed by atoms with van der Waals surface area (Å²) in [5.74, 6) is -0.0553. The van der Waals surface area contributed by atoms with Gasteiger partial charge in [0, 0.05) is 35.3 Å². The summed E-state index contributed by atoms with van der Waals surface area (Å²) in [7, 11) is 0. The number of rotatable bonds is 4. The Morgan fingerprint density at radius 1 is 1.14 bits per heavy atom.